The molecule has 0 saturated carbocycles. The number of halogens is 6. The van der Waals surface area contributed by atoms with Crippen LogP contribution in [-0.2, 0) is 12.7 Å². The Bertz CT molecular complexity index is 1500. The van der Waals surface area contributed by atoms with Crippen molar-refractivity contribution >= 4 is 17.2 Å². The molecule has 42 heavy (non-hydrogen) atoms. The van der Waals surface area contributed by atoms with Gasteiger partial charge in [-0.3, -0.25) is 14.7 Å². The SMILES string of the molecule is O=C(c1ccc(-c2nc(-c3ccc(C(F)(F)F)cc3)cs2)nc1)N1CCN(Cc2ccc(OCC(F)(F)F)cc2)CC1. The molecule has 4 aromatic rings. The molecule has 220 valence electrons. The molecule has 0 unspecified atom stereocenters. The Morgan fingerprint density at radius 3 is 2.14 bits per heavy atom. The van der Waals surface area contributed by atoms with Gasteiger partial charge in [-0.15, -0.1) is 11.3 Å². The molecular formula is C29H24F6N4O2S. The van der Waals surface area contributed by atoms with Gasteiger partial charge in [-0.2, -0.15) is 26.3 Å². The van der Waals surface area contributed by atoms with Gasteiger partial charge in [-0.1, -0.05) is 24.3 Å². The van der Waals surface area contributed by atoms with Gasteiger partial charge >= 0.3 is 12.4 Å². The van der Waals surface area contributed by atoms with E-state index in [1.807, 2.05) is 0 Å². The number of nitrogens with zero attached hydrogens (tertiary/aromatic N) is 4. The number of benzene rings is 2. The van der Waals surface area contributed by atoms with Crippen LogP contribution in [0.25, 0.3) is 22.0 Å². The largest absolute Gasteiger partial charge is 0.484 e. The molecule has 3 heterocycles. The van der Waals surface area contributed by atoms with Gasteiger partial charge in [-0.25, -0.2) is 4.98 Å². The number of rotatable bonds is 7. The lowest BCUT2D eigenvalue weighted by Crippen LogP contribution is -2.48. The molecular weight excluding hydrogens is 582 g/mol. The fourth-order valence-corrected chi connectivity index (χ4v) is 5.21. The fourth-order valence-electron chi connectivity index (χ4n) is 4.41. The van der Waals surface area contributed by atoms with Gasteiger partial charge in [0, 0.05) is 49.9 Å². The first-order chi connectivity index (χ1) is 19.9. The summed E-state index contributed by atoms with van der Waals surface area (Å²) in [5.74, 6) is 0.00465. The fraction of sp³-hybridized carbons (Fsp3) is 0.276. The molecule has 13 heteroatoms. The van der Waals surface area contributed by atoms with Crippen LogP contribution < -0.4 is 4.74 Å². The van der Waals surface area contributed by atoms with E-state index in [0.29, 0.717) is 60.2 Å². The number of thiazole rings is 1. The number of piperazine rings is 1. The number of carbonyl (C=O) groups excluding carboxylic acids is 1. The summed E-state index contributed by atoms with van der Waals surface area (Å²) in [6.45, 7) is 1.55. The minimum Gasteiger partial charge on any atom is -0.484 e. The lowest BCUT2D eigenvalue weighted by Gasteiger charge is -2.34. The molecule has 0 bridgehead atoms. The smallest absolute Gasteiger partial charge is 0.422 e. The lowest BCUT2D eigenvalue weighted by atomic mass is 10.1. The summed E-state index contributed by atoms with van der Waals surface area (Å²) >= 11 is 1.31. The van der Waals surface area contributed by atoms with E-state index < -0.39 is 24.5 Å². The van der Waals surface area contributed by atoms with Crippen molar-refractivity contribution in [3.05, 3.63) is 88.9 Å². The van der Waals surface area contributed by atoms with Crippen molar-refractivity contribution in [2.45, 2.75) is 18.9 Å². The van der Waals surface area contributed by atoms with Crippen LogP contribution in [0.2, 0.25) is 0 Å². The Balaban J connectivity index is 1.13. The van der Waals surface area contributed by atoms with E-state index in [2.05, 4.69) is 14.9 Å². The summed E-state index contributed by atoms with van der Waals surface area (Å²) < 4.78 is 80.2. The summed E-state index contributed by atoms with van der Waals surface area (Å²) in [5.41, 5.74) is 2.28. The second-order valence-electron chi connectivity index (χ2n) is 9.66. The van der Waals surface area contributed by atoms with E-state index in [1.165, 1.54) is 41.8 Å². The highest BCUT2D eigenvalue weighted by Gasteiger charge is 2.30. The average molecular weight is 607 g/mol. The molecule has 6 nitrogen and oxygen atoms in total. The number of amides is 1. The van der Waals surface area contributed by atoms with Crippen LogP contribution in [0.4, 0.5) is 26.3 Å². The highest BCUT2D eigenvalue weighted by molar-refractivity contribution is 7.13. The van der Waals surface area contributed by atoms with Crippen molar-refractivity contribution in [1.82, 2.24) is 19.8 Å². The molecule has 5 rings (SSSR count). The molecule has 1 saturated heterocycles. The maximum Gasteiger partial charge on any atom is 0.422 e. The van der Waals surface area contributed by atoms with Crippen LogP contribution in [0, 0.1) is 0 Å². The van der Waals surface area contributed by atoms with Crippen LogP contribution in [-0.4, -0.2) is 64.6 Å². The van der Waals surface area contributed by atoms with Gasteiger partial charge in [-0.05, 0) is 42.0 Å². The highest BCUT2D eigenvalue weighted by Crippen LogP contribution is 2.32. The maximum absolute atomic E-state index is 13.0. The topological polar surface area (TPSA) is 58.6 Å². The first-order valence-electron chi connectivity index (χ1n) is 12.8. The van der Waals surface area contributed by atoms with Crippen molar-refractivity contribution in [3.8, 4) is 27.7 Å². The monoisotopic (exact) mass is 606 g/mol. The predicted octanol–water partition coefficient (Wildman–Crippen LogP) is 6.79. The average Bonchev–Trinajstić information content (AvgIpc) is 3.47. The first kappa shape index (κ1) is 29.5. The van der Waals surface area contributed by atoms with Gasteiger partial charge in [0.1, 0.15) is 10.8 Å². The Morgan fingerprint density at radius 2 is 1.55 bits per heavy atom. The number of aromatic nitrogens is 2. The number of hydrogen-bond acceptors (Lipinski definition) is 6. The van der Waals surface area contributed by atoms with E-state index >= 15 is 0 Å². The second kappa shape index (κ2) is 12.1. The summed E-state index contributed by atoms with van der Waals surface area (Å²) in [6.07, 6.45) is -7.30. The molecule has 0 spiro atoms. The Kier molecular flexibility index (Phi) is 8.50. The van der Waals surface area contributed by atoms with E-state index in [0.717, 1.165) is 17.7 Å². The molecule has 2 aromatic heterocycles. The predicted molar refractivity (Wildman–Crippen MR) is 145 cm³/mol. The lowest BCUT2D eigenvalue weighted by molar-refractivity contribution is -0.153. The molecule has 2 aromatic carbocycles. The van der Waals surface area contributed by atoms with Crippen LogP contribution >= 0.6 is 11.3 Å². The Morgan fingerprint density at radius 1 is 0.857 bits per heavy atom. The minimum absolute atomic E-state index is 0.149. The zero-order valence-corrected chi connectivity index (χ0v) is 22.8. The van der Waals surface area contributed by atoms with Crippen molar-refractivity contribution < 1.29 is 35.9 Å². The maximum atomic E-state index is 13.0. The first-order valence-corrected chi connectivity index (χ1v) is 13.7. The number of ether oxygens (including phenoxy) is 1. The van der Waals surface area contributed by atoms with Gasteiger partial charge in [0.05, 0.1) is 22.5 Å². The van der Waals surface area contributed by atoms with Crippen LogP contribution in [0.5, 0.6) is 5.75 Å². The molecule has 0 N–H and O–H groups in total. The van der Waals surface area contributed by atoms with Crippen LogP contribution in [0.15, 0.2) is 72.2 Å². The summed E-state index contributed by atoms with van der Waals surface area (Å²) in [4.78, 5) is 25.8. The summed E-state index contributed by atoms with van der Waals surface area (Å²) in [5, 5.41) is 2.33. The minimum atomic E-state index is -4.40. The van der Waals surface area contributed by atoms with Gasteiger partial charge in [0.15, 0.2) is 6.61 Å². The number of carbonyl (C=O) groups is 1. The van der Waals surface area contributed by atoms with Crippen LogP contribution in [0.1, 0.15) is 21.5 Å². The van der Waals surface area contributed by atoms with Gasteiger partial charge in [0.2, 0.25) is 0 Å². The van der Waals surface area contributed by atoms with Crippen molar-refractivity contribution in [2.24, 2.45) is 0 Å². The normalized spacial score (nSPS) is 14.7. The Hall–Kier alpha value is -3.97. The summed E-state index contributed by atoms with van der Waals surface area (Å²) in [7, 11) is 0. The second-order valence-corrected chi connectivity index (χ2v) is 10.5. The number of hydrogen-bond donors (Lipinski definition) is 0. The van der Waals surface area contributed by atoms with E-state index in [9.17, 15) is 31.1 Å². The zero-order chi connectivity index (χ0) is 29.9. The van der Waals surface area contributed by atoms with E-state index in [4.69, 9.17) is 4.74 Å². The Labute approximate surface area is 241 Å². The van der Waals surface area contributed by atoms with Crippen molar-refractivity contribution in [2.75, 3.05) is 32.8 Å². The van der Waals surface area contributed by atoms with Gasteiger partial charge in [0.25, 0.3) is 5.91 Å². The molecule has 1 aliphatic heterocycles. The third-order valence-electron chi connectivity index (χ3n) is 6.63. The third-order valence-corrected chi connectivity index (χ3v) is 7.50. The quantitative estimate of drug-likeness (QED) is 0.217. The molecule has 1 amide bonds. The summed E-state index contributed by atoms with van der Waals surface area (Å²) in [6, 6.07) is 14.7. The van der Waals surface area contributed by atoms with Crippen molar-refractivity contribution in [1.29, 1.82) is 0 Å². The van der Waals surface area contributed by atoms with Crippen LogP contribution in [0.3, 0.4) is 0 Å². The molecule has 1 fully saturated rings. The number of pyridine rings is 1. The van der Waals surface area contributed by atoms with Crippen molar-refractivity contribution in [3.63, 3.8) is 0 Å². The molecule has 0 aliphatic carbocycles. The molecule has 1 aliphatic rings. The standard InChI is InChI=1S/C29H24F6N4O2S/c30-28(31,32)18-41-23-8-1-19(2-9-23)16-38-11-13-39(14-12-38)27(40)21-5-10-24(36-15-21)26-37-25(17-42-26)20-3-6-22(7-4-20)29(33,34)35/h1-10,15,17H,11-14,16,18H2. The zero-order valence-electron chi connectivity index (χ0n) is 22.0. The number of alkyl halides is 6. The van der Waals surface area contributed by atoms with E-state index in [-0.39, 0.29) is 11.7 Å². The van der Waals surface area contributed by atoms with E-state index in [1.54, 1.807) is 34.5 Å². The van der Waals surface area contributed by atoms with Gasteiger partial charge < -0.3 is 9.64 Å². The molecule has 0 radical (unpaired) electrons. The molecule has 0 atom stereocenters. The third kappa shape index (κ3) is 7.45. The highest BCUT2D eigenvalue weighted by atomic mass is 32.1.